The van der Waals surface area contributed by atoms with Gasteiger partial charge < -0.3 is 0 Å². The monoisotopic (exact) mass is 376 g/mol. The van der Waals surface area contributed by atoms with E-state index in [9.17, 15) is 8.42 Å². The van der Waals surface area contributed by atoms with Crippen molar-refractivity contribution in [2.45, 2.75) is 30.6 Å². The van der Waals surface area contributed by atoms with Gasteiger partial charge in [0.05, 0.1) is 10.6 Å². The van der Waals surface area contributed by atoms with Crippen LogP contribution in [0.1, 0.15) is 29.7 Å². The number of likely N-dealkylation sites (N-methyl/N-ethyl adjacent to an activating group) is 1. The number of hydrogen-bond donors (Lipinski definition) is 0. The first-order valence-electron chi connectivity index (χ1n) is 8.27. The molecule has 25 heavy (non-hydrogen) atoms. The van der Waals surface area contributed by atoms with Crippen LogP contribution in [-0.2, 0) is 22.9 Å². The van der Waals surface area contributed by atoms with E-state index in [-0.39, 0.29) is 6.54 Å². The molecule has 4 nitrogen and oxygen atoms in total. The van der Waals surface area contributed by atoms with Crippen LogP contribution in [0.15, 0.2) is 47.9 Å². The predicted octanol–water partition coefficient (Wildman–Crippen LogP) is 3.95. The number of halogens is 1. The summed E-state index contributed by atoms with van der Waals surface area (Å²) < 4.78 is 27.1. The number of nitrogens with zero attached hydrogens (tertiary/aromatic N) is 2. The van der Waals surface area contributed by atoms with Crippen molar-refractivity contribution in [3.05, 3.63) is 65.0 Å². The maximum Gasteiger partial charge on any atom is 0.243 e. The summed E-state index contributed by atoms with van der Waals surface area (Å²) >= 11 is 5.89. The molecule has 3 rings (SSSR count). The number of benzene rings is 1. The fraction of sp³-hybridized carbons (Fsp3) is 0.316. The van der Waals surface area contributed by atoms with Gasteiger partial charge in [-0.2, -0.15) is 4.31 Å². The van der Waals surface area contributed by atoms with E-state index in [0.29, 0.717) is 21.3 Å². The Bertz CT molecular complexity index is 909. The summed E-state index contributed by atoms with van der Waals surface area (Å²) in [4.78, 5) is 4.52. The number of aryl methyl sites for hydroxylation is 2. The van der Waals surface area contributed by atoms with Gasteiger partial charge in [0.15, 0.2) is 0 Å². The number of rotatable bonds is 5. The van der Waals surface area contributed by atoms with Crippen LogP contribution in [0.5, 0.6) is 0 Å². The highest BCUT2D eigenvalue weighted by Gasteiger charge is 2.23. The Labute approximate surface area is 154 Å². The maximum absolute atomic E-state index is 12.9. The molecule has 2 aromatic rings. The standard InChI is InChI=1S/C19H21ClN2O2S/c1-14(18-8-5-9-19(20)21-18)13-22(2)25(23,24)17-11-10-15-6-3-4-7-16(15)12-17/h5,8-12H,1,3-4,6-7,13H2,2H3. The summed E-state index contributed by atoms with van der Waals surface area (Å²) in [7, 11) is -2.01. The molecule has 132 valence electrons. The minimum Gasteiger partial charge on any atom is -0.236 e. The van der Waals surface area contributed by atoms with Gasteiger partial charge in [0, 0.05) is 13.6 Å². The Morgan fingerprint density at radius 3 is 2.64 bits per heavy atom. The Hall–Kier alpha value is -1.69. The fourth-order valence-corrected chi connectivity index (χ4v) is 4.47. The van der Waals surface area contributed by atoms with E-state index >= 15 is 0 Å². The molecule has 0 radical (unpaired) electrons. The van der Waals surface area contributed by atoms with Crippen molar-refractivity contribution in [1.29, 1.82) is 0 Å². The molecule has 0 aliphatic heterocycles. The van der Waals surface area contributed by atoms with Crippen LogP contribution in [-0.4, -0.2) is 31.3 Å². The molecule has 0 N–H and O–H groups in total. The van der Waals surface area contributed by atoms with Gasteiger partial charge in [-0.3, -0.25) is 0 Å². The van der Waals surface area contributed by atoms with Gasteiger partial charge in [-0.15, -0.1) is 0 Å². The average molecular weight is 377 g/mol. The van der Waals surface area contributed by atoms with Crippen molar-refractivity contribution in [2.75, 3.05) is 13.6 Å². The highest BCUT2D eigenvalue weighted by atomic mass is 35.5. The second-order valence-electron chi connectivity index (χ2n) is 6.35. The molecule has 0 unspecified atom stereocenters. The van der Waals surface area contributed by atoms with Crippen LogP contribution < -0.4 is 0 Å². The molecule has 1 heterocycles. The van der Waals surface area contributed by atoms with Crippen molar-refractivity contribution < 1.29 is 8.42 Å². The Morgan fingerprint density at radius 2 is 1.92 bits per heavy atom. The third-order valence-electron chi connectivity index (χ3n) is 4.52. The molecule has 0 spiro atoms. The number of fused-ring (bicyclic) bond motifs is 1. The number of pyridine rings is 1. The van der Waals surface area contributed by atoms with Crippen LogP contribution in [0.2, 0.25) is 5.15 Å². The van der Waals surface area contributed by atoms with Gasteiger partial charge in [-0.1, -0.05) is 30.3 Å². The van der Waals surface area contributed by atoms with Crippen molar-refractivity contribution in [3.8, 4) is 0 Å². The van der Waals surface area contributed by atoms with Gasteiger partial charge in [-0.25, -0.2) is 13.4 Å². The van der Waals surface area contributed by atoms with E-state index in [1.807, 2.05) is 12.1 Å². The molecule has 1 aromatic carbocycles. The lowest BCUT2D eigenvalue weighted by Gasteiger charge is -2.21. The van der Waals surface area contributed by atoms with E-state index in [1.54, 1.807) is 31.3 Å². The lowest BCUT2D eigenvalue weighted by atomic mass is 9.92. The minimum atomic E-state index is -3.57. The first-order valence-corrected chi connectivity index (χ1v) is 10.1. The summed E-state index contributed by atoms with van der Waals surface area (Å²) in [5.41, 5.74) is 3.61. The van der Waals surface area contributed by atoms with Crippen molar-refractivity contribution in [2.24, 2.45) is 0 Å². The third-order valence-corrected chi connectivity index (χ3v) is 6.53. The second kappa shape index (κ2) is 7.28. The molecular weight excluding hydrogens is 356 g/mol. The van der Waals surface area contributed by atoms with E-state index < -0.39 is 10.0 Å². The van der Waals surface area contributed by atoms with E-state index in [2.05, 4.69) is 11.6 Å². The molecule has 0 atom stereocenters. The molecule has 0 saturated carbocycles. The Kier molecular flexibility index (Phi) is 5.27. The maximum atomic E-state index is 12.9. The summed E-state index contributed by atoms with van der Waals surface area (Å²) in [6, 6.07) is 10.7. The number of hydrogen-bond acceptors (Lipinski definition) is 3. The molecule has 0 fully saturated rings. The van der Waals surface area contributed by atoms with E-state index in [4.69, 9.17) is 11.6 Å². The Balaban J connectivity index is 1.81. The van der Waals surface area contributed by atoms with Gasteiger partial charge in [0.1, 0.15) is 5.15 Å². The molecule has 0 amide bonds. The van der Waals surface area contributed by atoms with Crippen LogP contribution in [0.25, 0.3) is 5.57 Å². The van der Waals surface area contributed by atoms with Crippen LogP contribution in [0.3, 0.4) is 0 Å². The van der Waals surface area contributed by atoms with Crippen LogP contribution >= 0.6 is 11.6 Å². The van der Waals surface area contributed by atoms with Gasteiger partial charge in [-0.05, 0) is 66.6 Å². The first-order chi connectivity index (χ1) is 11.9. The summed E-state index contributed by atoms with van der Waals surface area (Å²) in [6.45, 7) is 4.12. The summed E-state index contributed by atoms with van der Waals surface area (Å²) in [5, 5.41) is 0.360. The first kappa shape index (κ1) is 18.1. The molecule has 6 heteroatoms. The van der Waals surface area contributed by atoms with E-state index in [0.717, 1.165) is 24.8 Å². The normalized spacial score (nSPS) is 14.4. The molecule has 1 aliphatic carbocycles. The lowest BCUT2D eigenvalue weighted by Crippen LogP contribution is -2.28. The van der Waals surface area contributed by atoms with Crippen LogP contribution in [0.4, 0.5) is 0 Å². The van der Waals surface area contributed by atoms with Crippen molar-refractivity contribution >= 4 is 27.2 Å². The highest BCUT2D eigenvalue weighted by Crippen LogP contribution is 2.26. The second-order valence-corrected chi connectivity index (χ2v) is 8.78. The zero-order valence-electron chi connectivity index (χ0n) is 14.2. The van der Waals surface area contributed by atoms with Gasteiger partial charge in [0.2, 0.25) is 10.0 Å². The largest absolute Gasteiger partial charge is 0.243 e. The van der Waals surface area contributed by atoms with Gasteiger partial charge >= 0.3 is 0 Å². The topological polar surface area (TPSA) is 50.3 Å². The SMILES string of the molecule is C=C(CN(C)S(=O)(=O)c1ccc2c(c1)CCCC2)c1cccc(Cl)n1. The van der Waals surface area contributed by atoms with Gasteiger partial charge in [0.25, 0.3) is 0 Å². The molecule has 1 aromatic heterocycles. The van der Waals surface area contributed by atoms with Crippen molar-refractivity contribution in [3.63, 3.8) is 0 Å². The molecule has 1 aliphatic rings. The zero-order chi connectivity index (χ0) is 18.0. The summed E-state index contributed by atoms with van der Waals surface area (Å²) in [6.07, 6.45) is 4.26. The molecule has 0 saturated heterocycles. The summed E-state index contributed by atoms with van der Waals surface area (Å²) in [5.74, 6) is 0. The smallest absolute Gasteiger partial charge is 0.236 e. The van der Waals surface area contributed by atoms with Crippen LogP contribution in [0, 0.1) is 0 Å². The number of sulfonamides is 1. The average Bonchev–Trinajstić information content (AvgIpc) is 2.61. The van der Waals surface area contributed by atoms with E-state index in [1.165, 1.54) is 16.3 Å². The number of aromatic nitrogens is 1. The quantitative estimate of drug-likeness (QED) is 0.742. The highest BCUT2D eigenvalue weighted by molar-refractivity contribution is 7.89. The fourth-order valence-electron chi connectivity index (χ4n) is 3.09. The molecular formula is C19H21ClN2O2S. The lowest BCUT2D eigenvalue weighted by molar-refractivity contribution is 0.502. The third kappa shape index (κ3) is 3.94. The predicted molar refractivity (Wildman–Crippen MR) is 101 cm³/mol. The zero-order valence-corrected chi connectivity index (χ0v) is 15.8. The Morgan fingerprint density at radius 1 is 1.20 bits per heavy atom. The van der Waals surface area contributed by atoms with Crippen molar-refractivity contribution in [1.82, 2.24) is 9.29 Å². The minimum absolute atomic E-state index is 0.159. The molecule has 0 bridgehead atoms.